The molecule has 1 amide bonds. The smallest absolute Gasteiger partial charge is 0.246 e. The second-order valence-corrected chi connectivity index (χ2v) is 8.36. The van der Waals surface area contributed by atoms with E-state index in [-0.39, 0.29) is 5.91 Å². The van der Waals surface area contributed by atoms with Gasteiger partial charge in [0.25, 0.3) is 0 Å². The summed E-state index contributed by atoms with van der Waals surface area (Å²) < 4.78 is 2.13. The van der Waals surface area contributed by atoms with E-state index in [9.17, 15) is 4.79 Å². The summed E-state index contributed by atoms with van der Waals surface area (Å²) in [7, 11) is 3.48. The Morgan fingerprint density at radius 2 is 2.03 bits per heavy atom. The molecule has 160 valence electrons. The molecule has 5 rings (SSSR count). The van der Waals surface area contributed by atoms with Crippen molar-refractivity contribution >= 4 is 22.9 Å². The highest BCUT2D eigenvalue weighted by Gasteiger charge is 2.25. The lowest BCUT2D eigenvalue weighted by Gasteiger charge is -2.10. The Bertz CT molecular complexity index is 1370. The third kappa shape index (κ3) is 3.58. The summed E-state index contributed by atoms with van der Waals surface area (Å²) in [5.41, 5.74) is 8.17. The molecule has 1 aromatic carbocycles. The van der Waals surface area contributed by atoms with Gasteiger partial charge in [0.1, 0.15) is 5.69 Å². The van der Waals surface area contributed by atoms with Crippen molar-refractivity contribution in [3.63, 3.8) is 0 Å². The van der Waals surface area contributed by atoms with Crippen LogP contribution in [-0.4, -0.2) is 44.7 Å². The quantitative estimate of drug-likeness (QED) is 0.453. The molecule has 0 saturated heterocycles. The van der Waals surface area contributed by atoms with Crippen molar-refractivity contribution in [1.29, 1.82) is 0 Å². The van der Waals surface area contributed by atoms with Gasteiger partial charge in [0, 0.05) is 55.3 Å². The first-order valence-corrected chi connectivity index (χ1v) is 10.8. The van der Waals surface area contributed by atoms with Crippen molar-refractivity contribution in [2.24, 2.45) is 0 Å². The Hall–Kier alpha value is -3.80. The van der Waals surface area contributed by atoms with E-state index in [1.54, 1.807) is 25.1 Å². The van der Waals surface area contributed by atoms with Gasteiger partial charge in [-0.1, -0.05) is 18.2 Å². The normalized spacial score (nSPS) is 13.1. The number of pyridine rings is 2. The number of rotatable bonds is 4. The Morgan fingerprint density at radius 1 is 1.16 bits per heavy atom. The summed E-state index contributed by atoms with van der Waals surface area (Å²) >= 11 is 0. The molecule has 0 bridgehead atoms. The molecule has 0 atom stereocenters. The molecule has 1 aliphatic rings. The molecule has 32 heavy (non-hydrogen) atoms. The number of benzene rings is 1. The Kier molecular flexibility index (Phi) is 5.05. The zero-order valence-corrected chi connectivity index (χ0v) is 18.5. The minimum absolute atomic E-state index is 0.0439. The number of aryl methyl sites for hydroxylation is 2. The van der Waals surface area contributed by atoms with E-state index in [0.717, 1.165) is 64.1 Å². The largest absolute Gasteiger partial charge is 0.345 e. The zero-order chi connectivity index (χ0) is 22.2. The average molecular weight is 424 g/mol. The van der Waals surface area contributed by atoms with Gasteiger partial charge in [-0.05, 0) is 61.2 Å². The van der Waals surface area contributed by atoms with Crippen LogP contribution in [0.2, 0.25) is 0 Å². The summed E-state index contributed by atoms with van der Waals surface area (Å²) in [5, 5.41) is 6.02. The van der Waals surface area contributed by atoms with Gasteiger partial charge in [-0.2, -0.15) is 5.10 Å². The molecule has 0 radical (unpaired) electrons. The fourth-order valence-corrected chi connectivity index (χ4v) is 4.27. The fourth-order valence-electron chi connectivity index (χ4n) is 4.27. The molecule has 1 aliphatic heterocycles. The predicted octanol–water partition coefficient (Wildman–Crippen LogP) is 4.52. The number of likely N-dealkylation sites (N-methyl/N-ethyl adjacent to an activating group) is 1. The summed E-state index contributed by atoms with van der Waals surface area (Å²) in [4.78, 5) is 22.8. The van der Waals surface area contributed by atoms with Crippen molar-refractivity contribution in [3.8, 4) is 22.5 Å². The number of nitrogens with zero attached hydrogens (tertiary/aromatic N) is 5. The predicted molar refractivity (Wildman–Crippen MR) is 127 cm³/mol. The molecule has 4 aromatic rings. The number of fused-ring (bicyclic) bond motifs is 2. The van der Waals surface area contributed by atoms with Gasteiger partial charge in [-0.15, -0.1) is 0 Å². The maximum atomic E-state index is 11.9. The van der Waals surface area contributed by atoms with Crippen LogP contribution in [0.25, 0.3) is 39.5 Å². The van der Waals surface area contributed by atoms with Crippen LogP contribution in [0.15, 0.2) is 54.7 Å². The first-order valence-electron chi connectivity index (χ1n) is 10.8. The van der Waals surface area contributed by atoms with E-state index in [1.807, 2.05) is 49.5 Å². The molecule has 0 spiro atoms. The number of hydrogen-bond donors (Lipinski definition) is 0. The van der Waals surface area contributed by atoms with Gasteiger partial charge in [0.2, 0.25) is 5.91 Å². The third-order valence-corrected chi connectivity index (χ3v) is 5.87. The lowest BCUT2D eigenvalue weighted by Crippen LogP contribution is -2.18. The van der Waals surface area contributed by atoms with E-state index >= 15 is 0 Å². The lowest BCUT2D eigenvalue weighted by molar-refractivity contribution is -0.123. The van der Waals surface area contributed by atoms with Gasteiger partial charge >= 0.3 is 0 Å². The van der Waals surface area contributed by atoms with E-state index < -0.39 is 0 Å². The van der Waals surface area contributed by atoms with Crippen molar-refractivity contribution in [3.05, 3.63) is 71.7 Å². The van der Waals surface area contributed by atoms with Crippen molar-refractivity contribution < 1.29 is 4.79 Å². The standard InChI is InChI=1S/C26H25N5O/c1-17-6-4-7-21(28-17)26-25(23-8-5-15-31(23)29-26)20-13-14-27-22-16-18(9-11-19(20)22)10-12-24(32)30(2)3/h4,6-7,9-14,16H,5,8,15H2,1-3H3. The van der Waals surface area contributed by atoms with Crippen LogP contribution in [0.1, 0.15) is 23.4 Å². The van der Waals surface area contributed by atoms with E-state index in [2.05, 4.69) is 21.8 Å². The molecular formula is C26H25N5O. The highest BCUT2D eigenvalue weighted by molar-refractivity contribution is 6.00. The number of amides is 1. The van der Waals surface area contributed by atoms with Crippen LogP contribution in [-0.2, 0) is 17.8 Å². The summed E-state index contributed by atoms with van der Waals surface area (Å²) in [6, 6.07) is 14.3. The van der Waals surface area contributed by atoms with Crippen LogP contribution in [0.4, 0.5) is 0 Å². The lowest BCUT2D eigenvalue weighted by atomic mass is 9.96. The van der Waals surface area contributed by atoms with Crippen LogP contribution in [0.3, 0.4) is 0 Å². The molecule has 0 N–H and O–H groups in total. The van der Waals surface area contributed by atoms with E-state index in [1.165, 1.54) is 5.69 Å². The van der Waals surface area contributed by atoms with Crippen molar-refractivity contribution in [2.45, 2.75) is 26.3 Å². The SMILES string of the molecule is Cc1cccc(-c2nn3c(c2-c2ccnc4cc(C=CC(=O)N(C)C)ccc24)CCC3)n1. The van der Waals surface area contributed by atoms with Gasteiger partial charge in [0.05, 0.1) is 11.2 Å². The molecule has 0 aliphatic carbocycles. The monoisotopic (exact) mass is 423 g/mol. The fraction of sp³-hybridized carbons (Fsp3) is 0.231. The molecule has 6 heteroatoms. The number of hydrogen-bond acceptors (Lipinski definition) is 4. The minimum atomic E-state index is -0.0439. The van der Waals surface area contributed by atoms with Gasteiger partial charge in [0.15, 0.2) is 0 Å². The Labute approximate surface area is 187 Å². The molecule has 4 heterocycles. The van der Waals surface area contributed by atoms with E-state index in [4.69, 9.17) is 10.1 Å². The zero-order valence-electron chi connectivity index (χ0n) is 18.5. The molecular weight excluding hydrogens is 398 g/mol. The summed E-state index contributed by atoms with van der Waals surface area (Å²) in [6.45, 7) is 2.94. The third-order valence-electron chi connectivity index (χ3n) is 5.87. The topological polar surface area (TPSA) is 63.9 Å². The first-order chi connectivity index (χ1) is 15.5. The van der Waals surface area contributed by atoms with Gasteiger partial charge in [-0.25, -0.2) is 0 Å². The molecule has 0 saturated carbocycles. The molecule has 0 fully saturated rings. The number of aromatic nitrogens is 4. The maximum absolute atomic E-state index is 11.9. The van der Waals surface area contributed by atoms with Gasteiger partial charge < -0.3 is 4.90 Å². The Balaban J connectivity index is 1.65. The average Bonchev–Trinajstić information content (AvgIpc) is 3.38. The maximum Gasteiger partial charge on any atom is 0.246 e. The van der Waals surface area contributed by atoms with E-state index in [0.29, 0.717) is 0 Å². The number of carbonyl (C=O) groups excluding carboxylic acids is 1. The second-order valence-electron chi connectivity index (χ2n) is 8.36. The first kappa shape index (κ1) is 20.1. The van der Waals surface area contributed by atoms with Gasteiger partial charge in [-0.3, -0.25) is 19.4 Å². The van der Waals surface area contributed by atoms with Crippen LogP contribution in [0.5, 0.6) is 0 Å². The summed E-state index contributed by atoms with van der Waals surface area (Å²) in [5.74, 6) is -0.0439. The highest BCUT2D eigenvalue weighted by Crippen LogP contribution is 2.39. The van der Waals surface area contributed by atoms with Crippen LogP contribution < -0.4 is 0 Å². The Morgan fingerprint density at radius 3 is 2.84 bits per heavy atom. The molecule has 0 unspecified atom stereocenters. The number of carbonyl (C=O) groups is 1. The minimum Gasteiger partial charge on any atom is -0.345 e. The molecule has 6 nitrogen and oxygen atoms in total. The molecule has 3 aromatic heterocycles. The highest BCUT2D eigenvalue weighted by atomic mass is 16.2. The van der Waals surface area contributed by atoms with Crippen LogP contribution >= 0.6 is 0 Å². The van der Waals surface area contributed by atoms with Crippen molar-refractivity contribution in [2.75, 3.05) is 14.1 Å². The van der Waals surface area contributed by atoms with Crippen LogP contribution in [0, 0.1) is 6.92 Å². The summed E-state index contributed by atoms with van der Waals surface area (Å²) in [6.07, 6.45) is 7.37. The second kappa shape index (κ2) is 8.04. The van der Waals surface area contributed by atoms with Crippen molar-refractivity contribution in [1.82, 2.24) is 24.6 Å².